The van der Waals surface area contributed by atoms with Gasteiger partial charge in [0.15, 0.2) is 5.96 Å². The minimum atomic E-state index is 0. The van der Waals surface area contributed by atoms with E-state index in [4.69, 9.17) is 0 Å². The number of nitrogens with one attached hydrogen (secondary N) is 1. The second kappa shape index (κ2) is 6.69. The van der Waals surface area contributed by atoms with E-state index in [-0.39, 0.29) is 24.0 Å². The van der Waals surface area contributed by atoms with Gasteiger partial charge < -0.3 is 10.2 Å². The van der Waals surface area contributed by atoms with Gasteiger partial charge >= 0.3 is 0 Å². The molecular formula is C13H17IN6. The van der Waals surface area contributed by atoms with Crippen LogP contribution in [0.25, 0.3) is 5.69 Å². The Morgan fingerprint density at radius 2 is 2.25 bits per heavy atom. The van der Waals surface area contributed by atoms with Crippen LogP contribution in [0.4, 0.5) is 0 Å². The maximum absolute atomic E-state index is 4.41. The number of hydrogen-bond donors (Lipinski definition) is 1. The Bertz CT molecular complexity index is 580. The van der Waals surface area contributed by atoms with E-state index in [2.05, 4.69) is 37.4 Å². The van der Waals surface area contributed by atoms with Crippen molar-refractivity contribution in [3.63, 3.8) is 0 Å². The van der Waals surface area contributed by atoms with Crippen LogP contribution in [0, 0.1) is 0 Å². The fourth-order valence-electron chi connectivity index (χ4n) is 2.05. The summed E-state index contributed by atoms with van der Waals surface area (Å²) in [5.74, 6) is 0.964. The highest BCUT2D eigenvalue weighted by atomic mass is 127. The van der Waals surface area contributed by atoms with Crippen LogP contribution in [0.15, 0.2) is 41.9 Å². The summed E-state index contributed by atoms with van der Waals surface area (Å²) in [5, 5.41) is 7.48. The molecule has 0 aliphatic carbocycles. The van der Waals surface area contributed by atoms with Crippen LogP contribution < -0.4 is 5.32 Å². The minimum absolute atomic E-state index is 0. The van der Waals surface area contributed by atoms with Crippen molar-refractivity contribution in [3.8, 4) is 5.69 Å². The van der Waals surface area contributed by atoms with Crippen LogP contribution in [0.2, 0.25) is 0 Å². The van der Waals surface area contributed by atoms with Crippen molar-refractivity contribution >= 4 is 29.9 Å². The average Bonchev–Trinajstić information content (AvgIpc) is 3.08. The highest BCUT2D eigenvalue weighted by molar-refractivity contribution is 14.0. The Labute approximate surface area is 134 Å². The molecule has 0 saturated heterocycles. The Kier molecular flexibility index (Phi) is 4.94. The normalized spacial score (nSPS) is 13.8. The molecule has 6 nitrogen and oxygen atoms in total. The first-order chi connectivity index (χ1) is 9.33. The first-order valence-corrected chi connectivity index (χ1v) is 6.26. The number of likely N-dealkylation sites (N-methyl/N-ethyl adjacent to an activating group) is 1. The van der Waals surface area contributed by atoms with Gasteiger partial charge in [0.25, 0.3) is 0 Å². The van der Waals surface area contributed by atoms with Gasteiger partial charge in [0, 0.05) is 20.1 Å². The smallest absolute Gasteiger partial charge is 0.194 e. The van der Waals surface area contributed by atoms with Gasteiger partial charge in [-0.3, -0.25) is 4.99 Å². The lowest BCUT2D eigenvalue weighted by Crippen LogP contribution is -2.35. The van der Waals surface area contributed by atoms with E-state index < -0.39 is 0 Å². The summed E-state index contributed by atoms with van der Waals surface area (Å²) in [5.41, 5.74) is 2.20. The fourth-order valence-corrected chi connectivity index (χ4v) is 2.05. The molecule has 0 unspecified atom stereocenters. The molecule has 7 heteroatoms. The summed E-state index contributed by atoms with van der Waals surface area (Å²) in [6, 6.07) is 8.21. The topological polar surface area (TPSA) is 58.3 Å². The van der Waals surface area contributed by atoms with Crippen molar-refractivity contribution in [3.05, 3.63) is 42.5 Å². The summed E-state index contributed by atoms with van der Waals surface area (Å²) in [6.45, 7) is 2.62. The molecule has 1 aliphatic rings. The molecule has 20 heavy (non-hydrogen) atoms. The van der Waals surface area contributed by atoms with E-state index in [1.54, 1.807) is 11.0 Å². The number of halogens is 1. The zero-order valence-electron chi connectivity index (χ0n) is 11.2. The van der Waals surface area contributed by atoms with Gasteiger partial charge in [-0.1, -0.05) is 12.1 Å². The van der Waals surface area contributed by atoms with E-state index in [1.165, 1.54) is 11.9 Å². The standard InChI is InChI=1S/C13H16N6.HI/c1-18-6-5-15-13(18)16-8-11-3-2-4-12(7-11)19-10-14-9-17-19;/h2-4,7,9-10H,5-6,8H2,1H3,(H,15,16);1H. The molecule has 3 rings (SSSR count). The van der Waals surface area contributed by atoms with Gasteiger partial charge in [-0.25, -0.2) is 9.67 Å². The Hall–Kier alpha value is -1.64. The van der Waals surface area contributed by atoms with E-state index in [0.29, 0.717) is 0 Å². The predicted molar refractivity (Wildman–Crippen MR) is 88.5 cm³/mol. The van der Waals surface area contributed by atoms with Crippen LogP contribution in [0.1, 0.15) is 5.56 Å². The summed E-state index contributed by atoms with van der Waals surface area (Å²) in [4.78, 5) is 10.5. The number of guanidine groups is 1. The molecule has 1 N–H and O–H groups in total. The SMILES string of the molecule is CN1CCN=C1NCc1cccc(-n2cncn2)c1.I. The van der Waals surface area contributed by atoms with Gasteiger partial charge in [0.2, 0.25) is 0 Å². The van der Waals surface area contributed by atoms with Gasteiger partial charge in [-0.05, 0) is 17.7 Å². The van der Waals surface area contributed by atoms with Crippen LogP contribution in [0.5, 0.6) is 0 Å². The molecule has 106 valence electrons. The van der Waals surface area contributed by atoms with E-state index in [0.717, 1.165) is 31.3 Å². The fraction of sp³-hybridized carbons (Fsp3) is 0.308. The van der Waals surface area contributed by atoms with Gasteiger partial charge in [0.1, 0.15) is 12.7 Å². The zero-order valence-corrected chi connectivity index (χ0v) is 13.6. The summed E-state index contributed by atoms with van der Waals surface area (Å²) >= 11 is 0. The second-order valence-electron chi connectivity index (χ2n) is 4.49. The van der Waals surface area contributed by atoms with E-state index in [9.17, 15) is 0 Å². The number of aromatic nitrogens is 3. The second-order valence-corrected chi connectivity index (χ2v) is 4.49. The third-order valence-corrected chi connectivity index (χ3v) is 3.10. The molecule has 0 atom stereocenters. The molecule has 0 bridgehead atoms. The van der Waals surface area contributed by atoms with Gasteiger partial charge in [-0.15, -0.1) is 24.0 Å². The van der Waals surface area contributed by atoms with Crippen LogP contribution in [-0.4, -0.2) is 45.8 Å². The number of aliphatic imine (C=N–C) groups is 1. The van der Waals surface area contributed by atoms with Crippen LogP contribution >= 0.6 is 24.0 Å². The first kappa shape index (κ1) is 14.8. The maximum Gasteiger partial charge on any atom is 0.194 e. The van der Waals surface area contributed by atoms with Crippen LogP contribution in [0.3, 0.4) is 0 Å². The molecule has 1 aromatic carbocycles. The van der Waals surface area contributed by atoms with E-state index >= 15 is 0 Å². The molecule has 1 aromatic heterocycles. The quantitative estimate of drug-likeness (QED) is 0.811. The van der Waals surface area contributed by atoms with Crippen molar-refractivity contribution in [2.75, 3.05) is 20.1 Å². The van der Waals surface area contributed by atoms with Crippen molar-refractivity contribution in [2.24, 2.45) is 4.99 Å². The highest BCUT2D eigenvalue weighted by Gasteiger charge is 2.11. The van der Waals surface area contributed by atoms with Crippen molar-refractivity contribution in [2.45, 2.75) is 6.54 Å². The maximum atomic E-state index is 4.41. The van der Waals surface area contributed by atoms with Gasteiger partial charge in [-0.2, -0.15) is 5.10 Å². The van der Waals surface area contributed by atoms with Crippen molar-refractivity contribution < 1.29 is 0 Å². The Morgan fingerprint density at radius 3 is 2.95 bits per heavy atom. The summed E-state index contributed by atoms with van der Waals surface area (Å²) < 4.78 is 1.75. The largest absolute Gasteiger partial charge is 0.352 e. The molecule has 2 aromatic rings. The number of nitrogens with zero attached hydrogens (tertiary/aromatic N) is 5. The first-order valence-electron chi connectivity index (χ1n) is 6.26. The lowest BCUT2D eigenvalue weighted by molar-refractivity contribution is 0.534. The minimum Gasteiger partial charge on any atom is -0.352 e. The number of benzene rings is 1. The molecule has 0 amide bonds. The Morgan fingerprint density at radius 1 is 1.35 bits per heavy atom. The molecule has 1 aliphatic heterocycles. The van der Waals surface area contributed by atoms with Crippen LogP contribution in [-0.2, 0) is 6.54 Å². The number of rotatable bonds is 3. The molecular weight excluding hydrogens is 367 g/mol. The van der Waals surface area contributed by atoms with E-state index in [1.807, 2.05) is 19.2 Å². The molecule has 0 saturated carbocycles. The lowest BCUT2D eigenvalue weighted by atomic mass is 10.2. The Balaban J connectivity index is 0.00000147. The summed E-state index contributed by atoms with van der Waals surface area (Å²) in [6.07, 6.45) is 3.23. The molecule has 0 radical (unpaired) electrons. The molecule has 0 spiro atoms. The molecule has 2 heterocycles. The zero-order chi connectivity index (χ0) is 13.1. The third-order valence-electron chi connectivity index (χ3n) is 3.10. The highest BCUT2D eigenvalue weighted by Crippen LogP contribution is 2.09. The average molecular weight is 384 g/mol. The predicted octanol–water partition coefficient (Wildman–Crippen LogP) is 1.28. The van der Waals surface area contributed by atoms with Crippen molar-refractivity contribution in [1.29, 1.82) is 0 Å². The van der Waals surface area contributed by atoms with Crippen molar-refractivity contribution in [1.82, 2.24) is 25.0 Å². The molecule has 0 fully saturated rings. The summed E-state index contributed by atoms with van der Waals surface area (Å²) in [7, 11) is 2.05. The third kappa shape index (κ3) is 3.27. The number of hydrogen-bond acceptors (Lipinski definition) is 5. The monoisotopic (exact) mass is 384 g/mol. The lowest BCUT2D eigenvalue weighted by Gasteiger charge is -2.15. The van der Waals surface area contributed by atoms with Gasteiger partial charge in [0.05, 0.1) is 12.2 Å².